The molecule has 170 valence electrons. The second kappa shape index (κ2) is 9.60. The molecule has 2 aromatic rings. The number of anilines is 1. The molecule has 0 aromatic heterocycles. The molecule has 1 atom stereocenters. The number of amides is 1. The molecule has 1 N–H and O–H groups in total. The van der Waals surface area contributed by atoms with Crippen molar-refractivity contribution in [3.05, 3.63) is 69.1 Å². The Bertz CT molecular complexity index is 1050. The Morgan fingerprint density at radius 1 is 1.28 bits per heavy atom. The number of benzene rings is 2. The van der Waals surface area contributed by atoms with Crippen molar-refractivity contribution in [1.29, 1.82) is 0 Å². The molecule has 7 nitrogen and oxygen atoms in total. The molecule has 10 heteroatoms. The largest absolute Gasteiger partial charge is 0.416 e. The van der Waals surface area contributed by atoms with Gasteiger partial charge in [0.05, 0.1) is 5.56 Å². The lowest BCUT2D eigenvalue weighted by Gasteiger charge is -2.22. The molecule has 1 amide bonds. The molecule has 1 saturated heterocycles. The molecule has 1 fully saturated rings. The average Bonchev–Trinajstić information content (AvgIpc) is 3.19. The molecular formula is C22H25F3N6O. The highest BCUT2D eigenvalue weighted by atomic mass is 19.4. The fraction of sp³-hybridized carbons (Fsp3) is 0.409. The van der Waals surface area contributed by atoms with Crippen molar-refractivity contribution in [3.63, 3.8) is 0 Å². The van der Waals surface area contributed by atoms with Gasteiger partial charge in [0.25, 0.3) is 5.91 Å². The molecule has 0 radical (unpaired) electrons. The smallest absolute Gasteiger partial charge is 0.322 e. The highest BCUT2D eigenvalue weighted by Gasteiger charge is 2.35. The summed E-state index contributed by atoms with van der Waals surface area (Å²) in [6.07, 6.45) is -3.63. The minimum absolute atomic E-state index is 0.0459. The number of hydrogen-bond acceptors (Lipinski definition) is 4. The number of halogens is 3. The van der Waals surface area contributed by atoms with Crippen LogP contribution in [-0.2, 0) is 12.7 Å². The SMILES string of the molecule is Cc1ccc(C(=O)Nc2ccc(CN3CC[C@H](N(C)C)C3)c(C(F)(F)F)c2)cc1N=[N+]=[N-]. The van der Waals surface area contributed by atoms with Gasteiger partial charge in [-0.05, 0) is 68.4 Å². The van der Waals surface area contributed by atoms with Crippen LogP contribution in [0.3, 0.4) is 0 Å². The number of azide groups is 1. The second-order valence-electron chi connectivity index (χ2n) is 8.16. The lowest BCUT2D eigenvalue weighted by molar-refractivity contribution is -0.138. The Balaban J connectivity index is 1.81. The third-order valence-corrected chi connectivity index (χ3v) is 5.67. The van der Waals surface area contributed by atoms with Gasteiger partial charge in [-0.15, -0.1) is 0 Å². The van der Waals surface area contributed by atoms with Gasteiger partial charge in [-0.1, -0.05) is 17.2 Å². The summed E-state index contributed by atoms with van der Waals surface area (Å²) in [4.78, 5) is 19.4. The average molecular weight is 446 g/mol. The molecule has 2 aromatic carbocycles. The first-order valence-electron chi connectivity index (χ1n) is 10.1. The predicted octanol–water partition coefficient (Wildman–Crippen LogP) is 5.34. The molecule has 32 heavy (non-hydrogen) atoms. The van der Waals surface area contributed by atoms with E-state index in [2.05, 4.69) is 20.2 Å². The maximum absolute atomic E-state index is 13.8. The lowest BCUT2D eigenvalue weighted by Crippen LogP contribution is -2.31. The number of aryl methyl sites for hydroxylation is 1. The molecule has 0 saturated carbocycles. The first-order valence-corrected chi connectivity index (χ1v) is 10.1. The number of hydrogen-bond donors (Lipinski definition) is 1. The molecule has 0 spiro atoms. The van der Waals surface area contributed by atoms with Crippen molar-refractivity contribution >= 4 is 17.3 Å². The molecule has 1 aliphatic heterocycles. The number of carbonyl (C=O) groups is 1. The van der Waals surface area contributed by atoms with Gasteiger partial charge in [-0.3, -0.25) is 9.69 Å². The number of likely N-dealkylation sites (N-methyl/N-ethyl adjacent to an activating group) is 1. The maximum Gasteiger partial charge on any atom is 0.416 e. The Labute approximate surface area is 184 Å². The van der Waals surface area contributed by atoms with Crippen LogP contribution in [0.4, 0.5) is 24.5 Å². The number of rotatable bonds is 6. The standard InChI is InChI=1S/C22H25F3N6O/c1-14-4-5-15(10-20(14)28-29-26)21(32)27-17-7-6-16(19(11-17)22(23,24)25)12-31-9-8-18(13-31)30(2)3/h4-7,10-11,18H,8-9,12-13H2,1-3H3,(H,27,32)/t18-/m0/s1. The van der Waals surface area contributed by atoms with E-state index >= 15 is 0 Å². The van der Waals surface area contributed by atoms with Gasteiger partial charge in [-0.2, -0.15) is 13.2 Å². The molecule has 3 rings (SSSR count). The van der Waals surface area contributed by atoms with Crippen LogP contribution in [0, 0.1) is 6.92 Å². The van der Waals surface area contributed by atoms with Gasteiger partial charge >= 0.3 is 6.18 Å². The highest BCUT2D eigenvalue weighted by molar-refractivity contribution is 6.04. The van der Waals surface area contributed by atoms with E-state index in [0.29, 0.717) is 18.2 Å². The van der Waals surface area contributed by atoms with Crippen molar-refractivity contribution in [2.45, 2.75) is 32.1 Å². The van der Waals surface area contributed by atoms with Crippen LogP contribution in [-0.4, -0.2) is 48.9 Å². The van der Waals surface area contributed by atoms with E-state index in [1.807, 2.05) is 19.0 Å². The van der Waals surface area contributed by atoms with Crippen molar-refractivity contribution < 1.29 is 18.0 Å². The number of alkyl halides is 3. The van der Waals surface area contributed by atoms with E-state index in [-0.39, 0.29) is 29.0 Å². The normalized spacial score (nSPS) is 16.8. The lowest BCUT2D eigenvalue weighted by atomic mass is 10.0. The fourth-order valence-corrected chi connectivity index (χ4v) is 3.78. The third-order valence-electron chi connectivity index (χ3n) is 5.67. The summed E-state index contributed by atoms with van der Waals surface area (Å²) < 4.78 is 41.3. The fourth-order valence-electron chi connectivity index (χ4n) is 3.78. The zero-order valence-corrected chi connectivity index (χ0v) is 18.1. The number of nitrogens with zero attached hydrogens (tertiary/aromatic N) is 5. The quantitative estimate of drug-likeness (QED) is 0.369. The zero-order chi connectivity index (χ0) is 23.5. The summed E-state index contributed by atoms with van der Waals surface area (Å²) in [6, 6.07) is 8.72. The van der Waals surface area contributed by atoms with E-state index in [4.69, 9.17) is 5.53 Å². The summed E-state index contributed by atoms with van der Waals surface area (Å²) in [5.74, 6) is -0.589. The van der Waals surface area contributed by atoms with Crippen molar-refractivity contribution in [2.75, 3.05) is 32.5 Å². The van der Waals surface area contributed by atoms with E-state index in [1.54, 1.807) is 13.0 Å². The number of likely N-dealkylation sites (tertiary alicyclic amines) is 1. The topological polar surface area (TPSA) is 84.3 Å². The van der Waals surface area contributed by atoms with E-state index < -0.39 is 17.6 Å². The summed E-state index contributed by atoms with van der Waals surface area (Å²) >= 11 is 0. The van der Waals surface area contributed by atoms with Crippen molar-refractivity contribution in [1.82, 2.24) is 9.80 Å². The number of nitrogens with one attached hydrogen (secondary N) is 1. The van der Waals surface area contributed by atoms with Crippen LogP contribution in [0.1, 0.15) is 33.5 Å². The van der Waals surface area contributed by atoms with Gasteiger partial charge in [0.15, 0.2) is 0 Å². The molecule has 1 heterocycles. The summed E-state index contributed by atoms with van der Waals surface area (Å²) in [7, 11) is 3.94. The predicted molar refractivity (Wildman–Crippen MR) is 117 cm³/mol. The van der Waals surface area contributed by atoms with Gasteiger partial charge < -0.3 is 10.2 Å². The van der Waals surface area contributed by atoms with Gasteiger partial charge in [0.2, 0.25) is 0 Å². The van der Waals surface area contributed by atoms with E-state index in [9.17, 15) is 18.0 Å². The minimum Gasteiger partial charge on any atom is -0.322 e. The Kier molecular flexibility index (Phi) is 7.08. The zero-order valence-electron chi connectivity index (χ0n) is 18.1. The number of carbonyl (C=O) groups excluding carboxylic acids is 1. The summed E-state index contributed by atoms with van der Waals surface area (Å²) in [5, 5.41) is 6.03. The minimum atomic E-state index is -4.55. The van der Waals surface area contributed by atoms with E-state index in [0.717, 1.165) is 19.0 Å². The summed E-state index contributed by atoms with van der Waals surface area (Å²) in [5.41, 5.74) is 9.24. The molecule has 1 aliphatic rings. The van der Waals surface area contributed by atoms with E-state index in [1.165, 1.54) is 24.3 Å². The van der Waals surface area contributed by atoms with Crippen LogP contribution in [0.5, 0.6) is 0 Å². The summed E-state index contributed by atoms with van der Waals surface area (Å²) in [6.45, 7) is 3.37. The Morgan fingerprint density at radius 3 is 2.66 bits per heavy atom. The highest BCUT2D eigenvalue weighted by Crippen LogP contribution is 2.35. The first kappa shape index (κ1) is 23.6. The van der Waals surface area contributed by atoms with Gasteiger partial charge in [0.1, 0.15) is 0 Å². The van der Waals surface area contributed by atoms with Crippen LogP contribution in [0.2, 0.25) is 0 Å². The monoisotopic (exact) mass is 446 g/mol. The second-order valence-corrected chi connectivity index (χ2v) is 8.16. The van der Waals surface area contributed by atoms with Crippen LogP contribution in [0.15, 0.2) is 41.5 Å². The van der Waals surface area contributed by atoms with Crippen molar-refractivity contribution in [3.8, 4) is 0 Å². The molecule has 0 aliphatic carbocycles. The first-order chi connectivity index (χ1) is 15.1. The van der Waals surface area contributed by atoms with Gasteiger partial charge in [-0.25, -0.2) is 0 Å². The Hall–Kier alpha value is -3.07. The molecular weight excluding hydrogens is 421 g/mol. The van der Waals surface area contributed by atoms with Crippen LogP contribution in [0.25, 0.3) is 10.4 Å². The van der Waals surface area contributed by atoms with Crippen LogP contribution >= 0.6 is 0 Å². The molecule has 0 bridgehead atoms. The van der Waals surface area contributed by atoms with Crippen LogP contribution < -0.4 is 5.32 Å². The Morgan fingerprint density at radius 2 is 2.03 bits per heavy atom. The van der Waals surface area contributed by atoms with Crippen molar-refractivity contribution in [2.24, 2.45) is 5.11 Å². The van der Waals surface area contributed by atoms with Gasteiger partial charge in [0, 0.05) is 47.5 Å². The molecule has 0 unspecified atom stereocenters. The maximum atomic E-state index is 13.8. The third kappa shape index (κ3) is 5.59.